The van der Waals surface area contributed by atoms with Crippen LogP contribution in [0.3, 0.4) is 0 Å². The number of para-hydroxylation sites is 1. The molecule has 2 heteroatoms. The fourth-order valence-corrected chi connectivity index (χ4v) is 2.87. The van der Waals surface area contributed by atoms with Gasteiger partial charge in [0.05, 0.1) is 0 Å². The average molecular weight is 279 g/mol. The summed E-state index contributed by atoms with van der Waals surface area (Å²) in [5.74, 6) is 1.01. The van der Waals surface area contributed by atoms with Gasteiger partial charge in [-0.2, -0.15) is 0 Å². The Morgan fingerprint density at radius 3 is 2.48 bits per heavy atom. The molecule has 2 aromatic carbocycles. The summed E-state index contributed by atoms with van der Waals surface area (Å²) in [7, 11) is 0. The van der Waals surface area contributed by atoms with Crippen molar-refractivity contribution in [1.82, 2.24) is 0 Å². The van der Waals surface area contributed by atoms with Crippen LogP contribution in [0.2, 0.25) is 0 Å². The van der Waals surface area contributed by atoms with Gasteiger partial charge < -0.3 is 10.2 Å². The zero-order valence-corrected chi connectivity index (χ0v) is 12.6. The number of hydrogen-bond acceptors (Lipinski definition) is 2. The molecule has 0 aliphatic carbocycles. The SMILES string of the molecule is CCc1oc2ccccc2c1C(N)Cc1ccc(C)cc1. The predicted octanol–water partition coefficient (Wildman–Crippen LogP) is 4.55. The maximum atomic E-state index is 6.49. The van der Waals surface area contributed by atoms with Gasteiger partial charge in [0.1, 0.15) is 11.3 Å². The van der Waals surface area contributed by atoms with Gasteiger partial charge in [-0.1, -0.05) is 55.0 Å². The van der Waals surface area contributed by atoms with Crippen LogP contribution in [0.4, 0.5) is 0 Å². The van der Waals surface area contributed by atoms with Gasteiger partial charge in [-0.25, -0.2) is 0 Å². The fraction of sp³-hybridized carbons (Fsp3) is 0.263. The lowest BCUT2D eigenvalue weighted by Crippen LogP contribution is -2.14. The number of fused-ring (bicyclic) bond motifs is 1. The Kier molecular flexibility index (Phi) is 3.80. The highest BCUT2D eigenvalue weighted by atomic mass is 16.3. The molecule has 0 aliphatic rings. The molecule has 3 aromatic rings. The summed E-state index contributed by atoms with van der Waals surface area (Å²) in [6.45, 7) is 4.21. The van der Waals surface area contributed by atoms with Crippen LogP contribution in [0, 0.1) is 6.92 Å². The van der Waals surface area contributed by atoms with E-state index >= 15 is 0 Å². The number of benzene rings is 2. The number of furan rings is 1. The highest BCUT2D eigenvalue weighted by molar-refractivity contribution is 5.82. The molecule has 0 bridgehead atoms. The first kappa shape index (κ1) is 13.9. The third-order valence-electron chi connectivity index (χ3n) is 3.98. The minimum atomic E-state index is -0.0358. The van der Waals surface area contributed by atoms with E-state index in [0.717, 1.165) is 35.1 Å². The summed E-state index contributed by atoms with van der Waals surface area (Å²) >= 11 is 0. The molecule has 21 heavy (non-hydrogen) atoms. The molecule has 0 radical (unpaired) electrons. The maximum absolute atomic E-state index is 6.49. The molecule has 2 N–H and O–H groups in total. The molecule has 0 saturated heterocycles. The van der Waals surface area contributed by atoms with Crippen LogP contribution in [0.5, 0.6) is 0 Å². The Labute approximate surface area is 125 Å². The first-order chi connectivity index (χ1) is 10.2. The van der Waals surface area contributed by atoms with E-state index in [1.807, 2.05) is 18.2 Å². The number of nitrogens with two attached hydrogens (primary N) is 1. The third kappa shape index (κ3) is 2.72. The number of rotatable bonds is 4. The van der Waals surface area contributed by atoms with E-state index < -0.39 is 0 Å². The molecule has 1 unspecified atom stereocenters. The van der Waals surface area contributed by atoms with E-state index in [9.17, 15) is 0 Å². The second kappa shape index (κ2) is 5.74. The van der Waals surface area contributed by atoms with Crippen molar-refractivity contribution in [3.63, 3.8) is 0 Å². The van der Waals surface area contributed by atoms with Gasteiger partial charge in [0.15, 0.2) is 0 Å². The van der Waals surface area contributed by atoms with Crippen molar-refractivity contribution >= 4 is 11.0 Å². The molecule has 3 rings (SSSR count). The second-order valence-corrected chi connectivity index (χ2v) is 5.58. The van der Waals surface area contributed by atoms with Crippen LogP contribution in [0.25, 0.3) is 11.0 Å². The zero-order valence-electron chi connectivity index (χ0n) is 12.6. The lowest BCUT2D eigenvalue weighted by atomic mass is 9.96. The van der Waals surface area contributed by atoms with Gasteiger partial charge in [-0.05, 0) is 25.0 Å². The van der Waals surface area contributed by atoms with E-state index in [1.165, 1.54) is 11.1 Å². The summed E-state index contributed by atoms with van der Waals surface area (Å²) in [6.07, 6.45) is 1.70. The predicted molar refractivity (Wildman–Crippen MR) is 87.4 cm³/mol. The first-order valence-corrected chi connectivity index (χ1v) is 7.50. The Morgan fingerprint density at radius 2 is 1.76 bits per heavy atom. The molecule has 1 atom stereocenters. The van der Waals surface area contributed by atoms with Crippen LogP contribution in [0.15, 0.2) is 52.9 Å². The molecule has 0 saturated carbocycles. The Hall–Kier alpha value is -2.06. The average Bonchev–Trinajstić information content (AvgIpc) is 2.88. The smallest absolute Gasteiger partial charge is 0.134 e. The first-order valence-electron chi connectivity index (χ1n) is 7.50. The van der Waals surface area contributed by atoms with E-state index in [2.05, 4.69) is 44.2 Å². The molecule has 108 valence electrons. The summed E-state index contributed by atoms with van der Waals surface area (Å²) in [4.78, 5) is 0. The van der Waals surface area contributed by atoms with Crippen molar-refractivity contribution in [3.8, 4) is 0 Å². The van der Waals surface area contributed by atoms with E-state index in [1.54, 1.807) is 0 Å². The monoisotopic (exact) mass is 279 g/mol. The third-order valence-corrected chi connectivity index (χ3v) is 3.98. The molecule has 0 spiro atoms. The molecular weight excluding hydrogens is 258 g/mol. The quantitative estimate of drug-likeness (QED) is 0.761. The summed E-state index contributed by atoms with van der Waals surface area (Å²) < 4.78 is 5.95. The molecule has 0 fully saturated rings. The van der Waals surface area contributed by atoms with Gasteiger partial charge in [-0.3, -0.25) is 0 Å². The van der Waals surface area contributed by atoms with E-state index in [0.29, 0.717) is 0 Å². The lowest BCUT2D eigenvalue weighted by Gasteiger charge is -2.12. The molecule has 0 amide bonds. The largest absolute Gasteiger partial charge is 0.461 e. The van der Waals surface area contributed by atoms with Crippen LogP contribution >= 0.6 is 0 Å². The molecule has 1 aromatic heterocycles. The van der Waals surface area contributed by atoms with Gasteiger partial charge in [-0.15, -0.1) is 0 Å². The lowest BCUT2D eigenvalue weighted by molar-refractivity contribution is 0.540. The van der Waals surface area contributed by atoms with Crippen LogP contribution in [0.1, 0.15) is 35.4 Å². The fourth-order valence-electron chi connectivity index (χ4n) is 2.87. The van der Waals surface area contributed by atoms with Crippen LogP contribution in [-0.4, -0.2) is 0 Å². The topological polar surface area (TPSA) is 39.2 Å². The van der Waals surface area contributed by atoms with Crippen molar-refractivity contribution in [2.24, 2.45) is 5.73 Å². The van der Waals surface area contributed by atoms with Crippen molar-refractivity contribution in [2.45, 2.75) is 32.7 Å². The van der Waals surface area contributed by atoms with Gasteiger partial charge in [0.25, 0.3) is 0 Å². The minimum Gasteiger partial charge on any atom is -0.461 e. The Balaban J connectivity index is 1.96. The van der Waals surface area contributed by atoms with Crippen molar-refractivity contribution < 1.29 is 4.42 Å². The maximum Gasteiger partial charge on any atom is 0.134 e. The molecular formula is C19H21NO. The van der Waals surface area contributed by atoms with E-state index in [-0.39, 0.29) is 6.04 Å². The zero-order chi connectivity index (χ0) is 14.8. The highest BCUT2D eigenvalue weighted by Gasteiger charge is 2.19. The molecule has 2 nitrogen and oxygen atoms in total. The Bertz CT molecular complexity index is 740. The summed E-state index contributed by atoms with van der Waals surface area (Å²) in [5, 5.41) is 1.15. The van der Waals surface area contributed by atoms with Crippen LogP contribution in [-0.2, 0) is 12.8 Å². The standard InChI is InChI=1S/C19H21NO/c1-3-17-19(15-6-4-5-7-18(15)21-17)16(20)12-14-10-8-13(2)9-11-14/h4-11,16H,3,12,20H2,1-2H3. The van der Waals surface area contributed by atoms with Crippen molar-refractivity contribution in [2.75, 3.05) is 0 Å². The number of hydrogen-bond donors (Lipinski definition) is 1. The summed E-state index contributed by atoms with van der Waals surface area (Å²) in [5.41, 5.74) is 11.1. The van der Waals surface area contributed by atoms with E-state index in [4.69, 9.17) is 10.2 Å². The molecule has 1 heterocycles. The minimum absolute atomic E-state index is 0.0358. The van der Waals surface area contributed by atoms with Crippen LogP contribution < -0.4 is 5.73 Å². The number of aryl methyl sites for hydroxylation is 2. The Morgan fingerprint density at radius 1 is 1.05 bits per heavy atom. The highest BCUT2D eigenvalue weighted by Crippen LogP contribution is 2.31. The normalized spacial score (nSPS) is 12.7. The van der Waals surface area contributed by atoms with Crippen molar-refractivity contribution in [1.29, 1.82) is 0 Å². The van der Waals surface area contributed by atoms with Gasteiger partial charge in [0.2, 0.25) is 0 Å². The second-order valence-electron chi connectivity index (χ2n) is 5.58. The molecule has 0 aliphatic heterocycles. The van der Waals surface area contributed by atoms with Crippen molar-refractivity contribution in [3.05, 3.63) is 71.0 Å². The van der Waals surface area contributed by atoms with Gasteiger partial charge in [0, 0.05) is 23.4 Å². The van der Waals surface area contributed by atoms with Gasteiger partial charge >= 0.3 is 0 Å². The summed E-state index contributed by atoms with van der Waals surface area (Å²) in [6, 6.07) is 16.7.